The van der Waals surface area contributed by atoms with E-state index in [4.69, 9.17) is 0 Å². The van der Waals surface area contributed by atoms with E-state index >= 15 is 0 Å². The first-order valence-electron chi connectivity index (χ1n) is 8.47. The molecule has 0 saturated carbocycles. The number of benzene rings is 2. The van der Waals surface area contributed by atoms with Crippen LogP contribution in [-0.2, 0) is 29.1 Å². The van der Waals surface area contributed by atoms with Gasteiger partial charge in [0.1, 0.15) is 5.82 Å². The van der Waals surface area contributed by atoms with Crippen LogP contribution in [0.5, 0.6) is 0 Å². The number of carbonyl (C=O) groups is 2. The molecule has 1 aliphatic heterocycles. The van der Waals surface area contributed by atoms with Crippen LogP contribution in [0.1, 0.15) is 29.5 Å². The first kappa shape index (κ1) is 17.1. The van der Waals surface area contributed by atoms with Crippen LogP contribution in [0.4, 0.5) is 4.39 Å². The minimum Gasteiger partial charge on any atom is -0.352 e. The highest BCUT2D eigenvalue weighted by molar-refractivity contribution is 5.78. The molecule has 1 heterocycles. The summed E-state index contributed by atoms with van der Waals surface area (Å²) < 4.78 is 12.9. The summed E-state index contributed by atoms with van der Waals surface area (Å²) in [7, 11) is 0. The molecule has 2 aromatic rings. The molecule has 25 heavy (non-hydrogen) atoms. The number of rotatable bonds is 6. The van der Waals surface area contributed by atoms with Gasteiger partial charge in [0.25, 0.3) is 0 Å². The van der Waals surface area contributed by atoms with Gasteiger partial charge < -0.3 is 10.2 Å². The van der Waals surface area contributed by atoms with E-state index in [0.29, 0.717) is 19.5 Å². The number of nitrogens with one attached hydrogen (secondary N) is 1. The summed E-state index contributed by atoms with van der Waals surface area (Å²) in [5, 5.41) is 2.88. The molecule has 1 aliphatic rings. The zero-order valence-corrected chi connectivity index (χ0v) is 14.0. The van der Waals surface area contributed by atoms with Crippen molar-refractivity contribution < 1.29 is 14.0 Å². The fourth-order valence-corrected chi connectivity index (χ4v) is 2.98. The van der Waals surface area contributed by atoms with Crippen molar-refractivity contribution >= 4 is 11.8 Å². The van der Waals surface area contributed by atoms with Crippen molar-refractivity contribution in [3.8, 4) is 0 Å². The lowest BCUT2D eigenvalue weighted by molar-refractivity contribution is -0.128. The van der Waals surface area contributed by atoms with Crippen LogP contribution in [0.3, 0.4) is 0 Å². The number of carbonyl (C=O) groups excluding carboxylic acids is 2. The molecular formula is C20H21FN2O2. The fraction of sp³-hybridized carbons (Fsp3) is 0.300. The standard InChI is InChI=1S/C20H21FN2O2/c21-18-8-6-15(7-9-18)12-19(24)22-13-16-3-1-4-17(11-16)14-23-10-2-5-20(23)25/h1,3-4,6-9,11H,2,5,10,12-14H2,(H,22,24). The van der Waals surface area contributed by atoms with E-state index in [2.05, 4.69) is 5.32 Å². The van der Waals surface area contributed by atoms with Crippen LogP contribution in [0.2, 0.25) is 0 Å². The Morgan fingerprint density at radius 3 is 2.56 bits per heavy atom. The summed E-state index contributed by atoms with van der Waals surface area (Å²) in [6.45, 7) is 1.87. The Balaban J connectivity index is 1.52. The van der Waals surface area contributed by atoms with Crippen LogP contribution >= 0.6 is 0 Å². The van der Waals surface area contributed by atoms with Gasteiger partial charge in [0.15, 0.2) is 0 Å². The molecule has 3 rings (SSSR count). The molecule has 2 aromatic carbocycles. The van der Waals surface area contributed by atoms with Crippen LogP contribution < -0.4 is 5.32 Å². The molecule has 0 aromatic heterocycles. The number of hydrogen-bond acceptors (Lipinski definition) is 2. The molecule has 1 N–H and O–H groups in total. The highest BCUT2D eigenvalue weighted by Gasteiger charge is 2.19. The van der Waals surface area contributed by atoms with Gasteiger partial charge >= 0.3 is 0 Å². The topological polar surface area (TPSA) is 49.4 Å². The van der Waals surface area contributed by atoms with E-state index in [1.807, 2.05) is 29.2 Å². The summed E-state index contributed by atoms with van der Waals surface area (Å²) in [5.41, 5.74) is 2.84. The van der Waals surface area contributed by atoms with Crippen molar-refractivity contribution in [2.24, 2.45) is 0 Å². The molecular weight excluding hydrogens is 319 g/mol. The number of amides is 2. The molecule has 2 amide bonds. The smallest absolute Gasteiger partial charge is 0.224 e. The maximum atomic E-state index is 12.9. The summed E-state index contributed by atoms with van der Waals surface area (Å²) in [6.07, 6.45) is 1.79. The molecule has 0 radical (unpaired) electrons. The molecule has 0 unspecified atom stereocenters. The van der Waals surface area contributed by atoms with Gasteiger partial charge in [0, 0.05) is 26.1 Å². The monoisotopic (exact) mass is 340 g/mol. The van der Waals surface area contributed by atoms with E-state index < -0.39 is 0 Å². The third-order valence-corrected chi connectivity index (χ3v) is 4.30. The van der Waals surface area contributed by atoms with E-state index in [-0.39, 0.29) is 24.1 Å². The number of likely N-dealkylation sites (tertiary alicyclic amines) is 1. The SMILES string of the molecule is O=C(Cc1ccc(F)cc1)NCc1cccc(CN2CCCC2=O)c1. The van der Waals surface area contributed by atoms with Crippen molar-refractivity contribution in [2.75, 3.05) is 6.54 Å². The lowest BCUT2D eigenvalue weighted by Crippen LogP contribution is -2.25. The quantitative estimate of drug-likeness (QED) is 0.879. The molecule has 4 nitrogen and oxygen atoms in total. The molecule has 1 fully saturated rings. The Kier molecular flexibility index (Phi) is 5.43. The highest BCUT2D eigenvalue weighted by Crippen LogP contribution is 2.15. The summed E-state index contributed by atoms with van der Waals surface area (Å²) in [5.74, 6) is -0.206. The average Bonchev–Trinajstić information content (AvgIpc) is 3.00. The summed E-state index contributed by atoms with van der Waals surface area (Å²) in [6, 6.07) is 13.8. The van der Waals surface area contributed by atoms with Crippen LogP contribution in [0.15, 0.2) is 48.5 Å². The van der Waals surface area contributed by atoms with Gasteiger partial charge in [-0.25, -0.2) is 4.39 Å². The van der Waals surface area contributed by atoms with Gasteiger partial charge in [0.2, 0.25) is 11.8 Å². The third kappa shape index (κ3) is 4.89. The van der Waals surface area contributed by atoms with Crippen LogP contribution in [0, 0.1) is 5.82 Å². The van der Waals surface area contributed by atoms with E-state index in [1.54, 1.807) is 12.1 Å². The van der Waals surface area contributed by atoms with Gasteiger partial charge in [0.05, 0.1) is 6.42 Å². The number of nitrogens with zero attached hydrogens (tertiary/aromatic N) is 1. The second kappa shape index (κ2) is 7.92. The molecule has 1 saturated heterocycles. The molecule has 0 spiro atoms. The first-order valence-corrected chi connectivity index (χ1v) is 8.47. The predicted molar refractivity (Wildman–Crippen MR) is 93.0 cm³/mol. The molecule has 0 aliphatic carbocycles. The Labute approximate surface area is 146 Å². The Morgan fingerprint density at radius 1 is 1.08 bits per heavy atom. The van der Waals surface area contributed by atoms with Gasteiger partial charge in [-0.15, -0.1) is 0 Å². The van der Waals surface area contributed by atoms with Gasteiger partial charge in [-0.2, -0.15) is 0 Å². The summed E-state index contributed by atoms with van der Waals surface area (Å²) in [4.78, 5) is 25.6. The first-order chi connectivity index (χ1) is 12.1. The van der Waals surface area contributed by atoms with Crippen molar-refractivity contribution in [1.82, 2.24) is 10.2 Å². The lowest BCUT2D eigenvalue weighted by atomic mass is 10.1. The maximum Gasteiger partial charge on any atom is 0.224 e. The Bertz CT molecular complexity index is 759. The molecule has 130 valence electrons. The highest BCUT2D eigenvalue weighted by atomic mass is 19.1. The van der Waals surface area contributed by atoms with Gasteiger partial charge in [-0.3, -0.25) is 9.59 Å². The molecule has 0 atom stereocenters. The fourth-order valence-electron chi connectivity index (χ4n) is 2.98. The minimum absolute atomic E-state index is 0.105. The molecule has 0 bridgehead atoms. The van der Waals surface area contributed by atoms with Crippen molar-refractivity contribution in [3.63, 3.8) is 0 Å². The predicted octanol–water partition coefficient (Wildman–Crippen LogP) is 2.81. The zero-order chi connectivity index (χ0) is 17.6. The average molecular weight is 340 g/mol. The van der Waals surface area contributed by atoms with E-state index in [9.17, 15) is 14.0 Å². The summed E-state index contributed by atoms with van der Waals surface area (Å²) >= 11 is 0. The van der Waals surface area contributed by atoms with Crippen molar-refractivity contribution in [3.05, 3.63) is 71.0 Å². The second-order valence-corrected chi connectivity index (χ2v) is 6.32. The maximum absolute atomic E-state index is 12.9. The van der Waals surface area contributed by atoms with Crippen molar-refractivity contribution in [1.29, 1.82) is 0 Å². The number of hydrogen-bond donors (Lipinski definition) is 1. The zero-order valence-electron chi connectivity index (χ0n) is 14.0. The molecule has 5 heteroatoms. The lowest BCUT2D eigenvalue weighted by Gasteiger charge is -2.16. The second-order valence-electron chi connectivity index (χ2n) is 6.32. The largest absolute Gasteiger partial charge is 0.352 e. The van der Waals surface area contributed by atoms with E-state index in [0.717, 1.165) is 29.7 Å². The minimum atomic E-state index is -0.308. The Hall–Kier alpha value is -2.69. The third-order valence-electron chi connectivity index (χ3n) is 4.30. The van der Waals surface area contributed by atoms with E-state index in [1.165, 1.54) is 12.1 Å². The number of halogens is 1. The Morgan fingerprint density at radius 2 is 1.84 bits per heavy atom. The van der Waals surface area contributed by atoms with Crippen LogP contribution in [-0.4, -0.2) is 23.3 Å². The van der Waals surface area contributed by atoms with Crippen LogP contribution in [0.25, 0.3) is 0 Å². The normalized spacial score (nSPS) is 14.0. The van der Waals surface area contributed by atoms with Crippen molar-refractivity contribution in [2.45, 2.75) is 32.4 Å². The van der Waals surface area contributed by atoms with Gasteiger partial charge in [-0.05, 0) is 35.2 Å². The van der Waals surface area contributed by atoms with Gasteiger partial charge in [-0.1, -0.05) is 36.4 Å².